The lowest BCUT2D eigenvalue weighted by Gasteiger charge is -2.24. The monoisotopic (exact) mass is 336 g/mol. The van der Waals surface area contributed by atoms with Crippen molar-refractivity contribution in [2.75, 3.05) is 0 Å². The summed E-state index contributed by atoms with van der Waals surface area (Å²) in [5, 5.41) is 1.97. The van der Waals surface area contributed by atoms with Gasteiger partial charge in [-0.3, -0.25) is 0 Å². The molecule has 2 rings (SSSR count). The summed E-state index contributed by atoms with van der Waals surface area (Å²) in [6.45, 7) is 0. The Bertz CT molecular complexity index is 389. The lowest BCUT2D eigenvalue weighted by Crippen LogP contribution is -2.20. The van der Waals surface area contributed by atoms with Crippen LogP contribution in [0.15, 0.2) is 12.1 Å². The molecule has 0 heterocycles. The zero-order valence-corrected chi connectivity index (χ0v) is 12.6. The summed E-state index contributed by atoms with van der Waals surface area (Å²) in [7, 11) is 0. The van der Waals surface area contributed by atoms with Crippen LogP contribution < -0.4 is 4.74 Å². The molecule has 4 heteroatoms. The Balaban J connectivity index is 2.18. The zero-order valence-electron chi connectivity index (χ0n) is 9.52. The smallest absolute Gasteiger partial charge is 0.142 e. The Morgan fingerprint density at radius 2 is 1.88 bits per heavy atom. The number of halogens is 3. The van der Waals surface area contributed by atoms with Crippen LogP contribution in [0.25, 0.3) is 0 Å². The fraction of sp³-hybridized carbons (Fsp3) is 0.538. The van der Waals surface area contributed by atoms with E-state index in [9.17, 15) is 0 Å². The summed E-state index contributed by atoms with van der Waals surface area (Å²) in [6, 6.07) is 3.65. The largest absolute Gasteiger partial charge is 0.489 e. The molecule has 17 heavy (non-hydrogen) atoms. The molecule has 0 unspecified atom stereocenters. The van der Waals surface area contributed by atoms with Gasteiger partial charge in [0.15, 0.2) is 0 Å². The molecule has 0 radical (unpaired) electrons. The number of hydrogen-bond acceptors (Lipinski definition) is 1. The number of hydrogen-bond donors (Lipinski definition) is 0. The predicted molar refractivity (Wildman–Crippen MR) is 76.6 cm³/mol. The van der Waals surface area contributed by atoms with Gasteiger partial charge in [-0.1, -0.05) is 45.6 Å². The standard InChI is InChI=1S/C13H15BrCl2O/c14-8-9-6-10(15)7-12(16)13(9)17-11-4-2-1-3-5-11/h6-7,11H,1-5,8H2. The summed E-state index contributed by atoms with van der Waals surface area (Å²) >= 11 is 15.6. The van der Waals surface area contributed by atoms with Crippen molar-refractivity contribution in [1.29, 1.82) is 0 Å². The van der Waals surface area contributed by atoms with Crippen LogP contribution in [0.1, 0.15) is 37.7 Å². The van der Waals surface area contributed by atoms with E-state index in [1.54, 1.807) is 6.07 Å². The Morgan fingerprint density at radius 1 is 1.18 bits per heavy atom. The number of alkyl halides is 1. The van der Waals surface area contributed by atoms with Crippen LogP contribution >= 0.6 is 39.1 Å². The van der Waals surface area contributed by atoms with Crippen molar-refractivity contribution in [1.82, 2.24) is 0 Å². The molecule has 0 aliphatic heterocycles. The first-order valence-corrected chi connectivity index (χ1v) is 7.79. The quantitative estimate of drug-likeness (QED) is 0.652. The molecular weight excluding hydrogens is 323 g/mol. The van der Waals surface area contributed by atoms with E-state index in [2.05, 4.69) is 15.9 Å². The highest BCUT2D eigenvalue weighted by atomic mass is 79.9. The van der Waals surface area contributed by atoms with Crippen LogP contribution in [0, 0.1) is 0 Å². The normalized spacial score (nSPS) is 17.1. The lowest BCUT2D eigenvalue weighted by molar-refractivity contribution is 0.154. The van der Waals surface area contributed by atoms with Crippen molar-refractivity contribution < 1.29 is 4.74 Å². The fourth-order valence-corrected chi connectivity index (χ4v) is 3.19. The maximum atomic E-state index is 6.20. The van der Waals surface area contributed by atoms with Crippen LogP contribution in [0.5, 0.6) is 5.75 Å². The third-order valence-electron chi connectivity index (χ3n) is 3.07. The molecule has 0 N–H and O–H groups in total. The summed E-state index contributed by atoms with van der Waals surface area (Å²) in [6.07, 6.45) is 6.38. The van der Waals surface area contributed by atoms with Gasteiger partial charge in [-0.25, -0.2) is 0 Å². The van der Waals surface area contributed by atoms with Gasteiger partial charge < -0.3 is 4.74 Å². The number of benzene rings is 1. The Kier molecular flexibility index (Phi) is 5.01. The predicted octanol–water partition coefficient (Wildman–Crippen LogP) is 5.60. The highest BCUT2D eigenvalue weighted by Gasteiger charge is 2.18. The van der Waals surface area contributed by atoms with Crippen molar-refractivity contribution in [2.24, 2.45) is 0 Å². The van der Waals surface area contributed by atoms with E-state index in [1.165, 1.54) is 19.3 Å². The van der Waals surface area contributed by atoms with Crippen molar-refractivity contribution in [3.05, 3.63) is 27.7 Å². The van der Waals surface area contributed by atoms with Gasteiger partial charge >= 0.3 is 0 Å². The van der Waals surface area contributed by atoms with E-state index >= 15 is 0 Å². The fourth-order valence-electron chi connectivity index (χ4n) is 2.19. The molecule has 0 spiro atoms. The SMILES string of the molecule is Clc1cc(Cl)c(OC2CCCCC2)c(CBr)c1. The van der Waals surface area contributed by atoms with E-state index in [0.29, 0.717) is 21.5 Å². The summed E-state index contributed by atoms with van der Waals surface area (Å²) in [5.74, 6) is 0.792. The van der Waals surface area contributed by atoms with Gasteiger partial charge in [-0.15, -0.1) is 0 Å². The van der Waals surface area contributed by atoms with Gasteiger partial charge in [-0.05, 0) is 37.8 Å². The second kappa shape index (κ2) is 6.31. The Labute approximate surface area is 121 Å². The van der Waals surface area contributed by atoms with Crippen LogP contribution in [-0.4, -0.2) is 6.10 Å². The molecule has 0 aromatic heterocycles. The molecule has 0 atom stereocenters. The molecule has 1 aliphatic rings. The summed E-state index contributed by atoms with van der Waals surface area (Å²) < 4.78 is 6.04. The first-order valence-electron chi connectivity index (χ1n) is 5.91. The molecule has 0 amide bonds. The average molecular weight is 338 g/mol. The molecule has 1 aliphatic carbocycles. The molecule has 0 bridgehead atoms. The van der Waals surface area contributed by atoms with Crippen LogP contribution in [0.3, 0.4) is 0 Å². The van der Waals surface area contributed by atoms with Crippen molar-refractivity contribution in [3.63, 3.8) is 0 Å². The third-order valence-corrected chi connectivity index (χ3v) is 4.17. The maximum Gasteiger partial charge on any atom is 0.142 e. The first kappa shape index (κ1) is 13.5. The van der Waals surface area contributed by atoms with Gasteiger partial charge in [0.1, 0.15) is 5.75 Å². The first-order chi connectivity index (χ1) is 8.20. The van der Waals surface area contributed by atoms with E-state index in [0.717, 1.165) is 24.2 Å². The molecule has 94 valence electrons. The second-order valence-electron chi connectivity index (χ2n) is 4.39. The van der Waals surface area contributed by atoms with Gasteiger partial charge in [0.2, 0.25) is 0 Å². The minimum Gasteiger partial charge on any atom is -0.489 e. The van der Waals surface area contributed by atoms with Gasteiger partial charge in [0.25, 0.3) is 0 Å². The molecule has 1 aromatic carbocycles. The van der Waals surface area contributed by atoms with Gasteiger partial charge in [0, 0.05) is 15.9 Å². The Hall–Kier alpha value is 0.0800. The molecule has 1 fully saturated rings. The average Bonchev–Trinajstić information content (AvgIpc) is 2.33. The molecular formula is C13H15BrCl2O. The maximum absolute atomic E-state index is 6.20. The Morgan fingerprint density at radius 3 is 2.53 bits per heavy atom. The van der Waals surface area contributed by atoms with Crippen molar-refractivity contribution in [2.45, 2.75) is 43.5 Å². The highest BCUT2D eigenvalue weighted by molar-refractivity contribution is 9.08. The van der Waals surface area contributed by atoms with E-state index < -0.39 is 0 Å². The number of rotatable bonds is 3. The van der Waals surface area contributed by atoms with Crippen LogP contribution in [0.2, 0.25) is 10.0 Å². The third kappa shape index (κ3) is 3.52. The molecule has 0 saturated heterocycles. The van der Waals surface area contributed by atoms with Crippen molar-refractivity contribution >= 4 is 39.1 Å². The second-order valence-corrected chi connectivity index (χ2v) is 5.79. The van der Waals surface area contributed by atoms with E-state index in [-0.39, 0.29) is 0 Å². The van der Waals surface area contributed by atoms with E-state index in [1.807, 2.05) is 6.07 Å². The summed E-state index contributed by atoms with van der Waals surface area (Å²) in [4.78, 5) is 0. The van der Waals surface area contributed by atoms with Gasteiger partial charge in [-0.2, -0.15) is 0 Å². The minimum absolute atomic E-state index is 0.306. The molecule has 1 saturated carbocycles. The van der Waals surface area contributed by atoms with Crippen molar-refractivity contribution in [3.8, 4) is 5.75 Å². The van der Waals surface area contributed by atoms with E-state index in [4.69, 9.17) is 27.9 Å². The minimum atomic E-state index is 0.306. The topological polar surface area (TPSA) is 9.23 Å². The van der Waals surface area contributed by atoms with Crippen LogP contribution in [0.4, 0.5) is 0 Å². The zero-order chi connectivity index (χ0) is 12.3. The number of ether oxygens (including phenoxy) is 1. The van der Waals surface area contributed by atoms with Crippen LogP contribution in [-0.2, 0) is 5.33 Å². The highest BCUT2D eigenvalue weighted by Crippen LogP contribution is 2.36. The van der Waals surface area contributed by atoms with Gasteiger partial charge in [0.05, 0.1) is 11.1 Å². The molecule has 1 nitrogen and oxygen atoms in total. The molecule has 1 aromatic rings. The lowest BCUT2D eigenvalue weighted by atomic mass is 9.98. The summed E-state index contributed by atoms with van der Waals surface area (Å²) in [5.41, 5.74) is 1.02.